The number of rotatable bonds is 5. The van der Waals surface area contributed by atoms with Gasteiger partial charge in [0.1, 0.15) is 16.7 Å². The minimum absolute atomic E-state index is 0.283. The van der Waals surface area contributed by atoms with Crippen LogP contribution in [0, 0.1) is 13.8 Å². The van der Waals surface area contributed by atoms with Crippen LogP contribution in [0.3, 0.4) is 0 Å². The molecule has 6 heteroatoms. The molecule has 4 nitrogen and oxygen atoms in total. The van der Waals surface area contributed by atoms with E-state index in [0.717, 1.165) is 5.56 Å². The van der Waals surface area contributed by atoms with Crippen molar-refractivity contribution in [3.63, 3.8) is 0 Å². The number of benzene rings is 1. The largest absolute Gasteiger partial charge is 0.486 e. The molecular weight excluding hydrogens is 337 g/mol. The summed E-state index contributed by atoms with van der Waals surface area (Å²) in [6.07, 6.45) is 0. The molecule has 2 aromatic rings. The monoisotopic (exact) mass is 353 g/mol. The molecule has 1 heterocycles. The summed E-state index contributed by atoms with van der Waals surface area (Å²) in [6, 6.07) is 7.00. The second-order valence-electron chi connectivity index (χ2n) is 4.95. The fourth-order valence-electron chi connectivity index (χ4n) is 2.01. The summed E-state index contributed by atoms with van der Waals surface area (Å²) >= 11 is 12.4. The first-order valence-electron chi connectivity index (χ1n) is 7.15. The number of pyridine rings is 1. The maximum Gasteiger partial charge on any atom is 0.338 e. The Morgan fingerprint density at radius 2 is 1.65 bits per heavy atom. The van der Waals surface area contributed by atoms with Crippen molar-refractivity contribution < 1.29 is 14.3 Å². The number of halogens is 2. The Balaban J connectivity index is 2.11. The van der Waals surface area contributed by atoms with E-state index >= 15 is 0 Å². The summed E-state index contributed by atoms with van der Waals surface area (Å²) in [7, 11) is 0. The third-order valence-electron chi connectivity index (χ3n) is 3.22. The Kier molecular flexibility index (Phi) is 5.85. The van der Waals surface area contributed by atoms with Gasteiger partial charge in [-0.2, -0.15) is 0 Å². The molecule has 122 valence electrons. The van der Waals surface area contributed by atoms with Crippen LogP contribution in [0.15, 0.2) is 24.3 Å². The van der Waals surface area contributed by atoms with Gasteiger partial charge in [-0.1, -0.05) is 35.3 Å². The van der Waals surface area contributed by atoms with Crippen LogP contribution < -0.4 is 4.74 Å². The van der Waals surface area contributed by atoms with Crippen molar-refractivity contribution in [2.24, 2.45) is 0 Å². The van der Waals surface area contributed by atoms with Crippen LogP contribution in [0.2, 0.25) is 10.0 Å². The molecule has 2 rings (SSSR count). The number of ether oxygens (including phenoxy) is 2. The summed E-state index contributed by atoms with van der Waals surface area (Å²) in [5, 5.41) is 0.812. The predicted octanol–water partition coefficient (Wildman–Crippen LogP) is 4.76. The number of hydrogen-bond acceptors (Lipinski definition) is 4. The smallest absolute Gasteiger partial charge is 0.338 e. The highest BCUT2D eigenvalue weighted by Gasteiger charge is 2.14. The molecule has 0 N–H and O–H groups in total. The molecule has 0 aliphatic heterocycles. The summed E-state index contributed by atoms with van der Waals surface area (Å²) in [5.41, 5.74) is 2.72. The van der Waals surface area contributed by atoms with Crippen molar-refractivity contribution in [1.82, 2.24) is 4.98 Å². The zero-order valence-electron chi connectivity index (χ0n) is 13.2. The van der Waals surface area contributed by atoms with Crippen molar-refractivity contribution in [2.45, 2.75) is 27.4 Å². The van der Waals surface area contributed by atoms with E-state index in [-0.39, 0.29) is 12.6 Å². The van der Waals surface area contributed by atoms with Gasteiger partial charge >= 0.3 is 5.97 Å². The minimum Gasteiger partial charge on any atom is -0.486 e. The fraction of sp³-hybridized carbons (Fsp3) is 0.294. The second kappa shape index (κ2) is 7.66. The van der Waals surface area contributed by atoms with Crippen molar-refractivity contribution in [2.75, 3.05) is 6.61 Å². The molecule has 0 spiro atoms. The van der Waals surface area contributed by atoms with Crippen molar-refractivity contribution in [3.05, 3.63) is 56.8 Å². The Bertz CT molecular complexity index is 689. The molecule has 0 radical (unpaired) electrons. The van der Waals surface area contributed by atoms with Gasteiger partial charge in [0.05, 0.1) is 23.6 Å². The molecule has 23 heavy (non-hydrogen) atoms. The van der Waals surface area contributed by atoms with E-state index in [1.807, 2.05) is 0 Å². The molecule has 1 aromatic carbocycles. The van der Waals surface area contributed by atoms with E-state index in [1.54, 1.807) is 45.0 Å². The molecule has 0 saturated heterocycles. The van der Waals surface area contributed by atoms with Gasteiger partial charge in [-0.15, -0.1) is 0 Å². The van der Waals surface area contributed by atoms with Gasteiger partial charge in [0.2, 0.25) is 0 Å². The molecular formula is C17H17Cl2NO3. The predicted molar refractivity (Wildman–Crippen MR) is 90.5 cm³/mol. The molecule has 0 aliphatic carbocycles. The van der Waals surface area contributed by atoms with E-state index < -0.39 is 0 Å². The Hall–Kier alpha value is -1.78. The third kappa shape index (κ3) is 4.15. The standard InChI is InChI=1S/C17H17Cl2NO3/c1-4-22-17(21)13-7-5-12(6-8-13)9-23-16-14(18)10(2)20-11(3)15(16)19/h5-8H,4,9H2,1-3H3. The highest BCUT2D eigenvalue weighted by atomic mass is 35.5. The summed E-state index contributed by atoms with van der Waals surface area (Å²) in [5.74, 6) is 0.0826. The molecule has 0 unspecified atom stereocenters. The first-order valence-corrected chi connectivity index (χ1v) is 7.90. The van der Waals surface area contributed by atoms with Crippen LogP contribution in [0.25, 0.3) is 0 Å². The Morgan fingerprint density at radius 1 is 1.09 bits per heavy atom. The highest BCUT2D eigenvalue weighted by Crippen LogP contribution is 2.36. The maximum atomic E-state index is 11.6. The molecule has 0 aliphatic rings. The molecule has 0 saturated carbocycles. The SMILES string of the molecule is CCOC(=O)c1ccc(COc2c(Cl)c(C)nc(C)c2Cl)cc1. The topological polar surface area (TPSA) is 48.4 Å². The average molecular weight is 354 g/mol. The fourth-order valence-corrected chi connectivity index (χ4v) is 2.44. The van der Waals surface area contributed by atoms with Crippen LogP contribution in [-0.2, 0) is 11.3 Å². The minimum atomic E-state index is -0.341. The molecule has 0 atom stereocenters. The first-order chi connectivity index (χ1) is 10.9. The first kappa shape index (κ1) is 17.6. The number of carbonyl (C=O) groups excluding carboxylic acids is 1. The van der Waals surface area contributed by atoms with Crippen molar-refractivity contribution in [1.29, 1.82) is 0 Å². The average Bonchev–Trinajstić information content (AvgIpc) is 2.54. The Labute approximate surface area is 145 Å². The second-order valence-corrected chi connectivity index (χ2v) is 5.70. The van der Waals surface area contributed by atoms with Gasteiger partial charge in [0.25, 0.3) is 0 Å². The zero-order valence-corrected chi connectivity index (χ0v) is 14.7. The quantitative estimate of drug-likeness (QED) is 0.727. The van der Waals surface area contributed by atoms with E-state index in [0.29, 0.717) is 39.4 Å². The third-order valence-corrected chi connectivity index (χ3v) is 4.11. The van der Waals surface area contributed by atoms with Gasteiger partial charge in [-0.05, 0) is 38.5 Å². The molecule has 1 aromatic heterocycles. The lowest BCUT2D eigenvalue weighted by Gasteiger charge is -2.13. The molecule has 0 bridgehead atoms. The van der Waals surface area contributed by atoms with Crippen LogP contribution >= 0.6 is 23.2 Å². The van der Waals surface area contributed by atoms with Crippen LogP contribution in [0.1, 0.15) is 34.2 Å². The normalized spacial score (nSPS) is 10.5. The van der Waals surface area contributed by atoms with Crippen molar-refractivity contribution >= 4 is 29.2 Å². The van der Waals surface area contributed by atoms with Gasteiger partial charge in [0, 0.05) is 0 Å². The number of hydrogen-bond donors (Lipinski definition) is 0. The van der Waals surface area contributed by atoms with E-state index in [4.69, 9.17) is 32.7 Å². The van der Waals surface area contributed by atoms with Gasteiger partial charge in [0.15, 0.2) is 5.75 Å². The van der Waals surface area contributed by atoms with Gasteiger partial charge in [-0.3, -0.25) is 4.98 Å². The summed E-state index contributed by atoms with van der Waals surface area (Å²) in [6.45, 7) is 6.00. The number of aryl methyl sites for hydroxylation is 2. The van der Waals surface area contributed by atoms with Crippen LogP contribution in [0.5, 0.6) is 5.75 Å². The lowest BCUT2D eigenvalue weighted by atomic mass is 10.1. The summed E-state index contributed by atoms with van der Waals surface area (Å²) < 4.78 is 10.7. The van der Waals surface area contributed by atoms with E-state index in [2.05, 4.69) is 4.98 Å². The summed E-state index contributed by atoms with van der Waals surface area (Å²) in [4.78, 5) is 15.8. The Morgan fingerprint density at radius 3 is 2.17 bits per heavy atom. The lowest BCUT2D eigenvalue weighted by molar-refractivity contribution is 0.0526. The number of nitrogens with zero attached hydrogens (tertiary/aromatic N) is 1. The highest BCUT2D eigenvalue weighted by molar-refractivity contribution is 6.37. The lowest BCUT2D eigenvalue weighted by Crippen LogP contribution is -2.05. The maximum absolute atomic E-state index is 11.6. The number of carbonyl (C=O) groups is 1. The van der Waals surface area contributed by atoms with Crippen LogP contribution in [0.4, 0.5) is 0 Å². The zero-order chi connectivity index (χ0) is 17.0. The van der Waals surface area contributed by atoms with Gasteiger partial charge < -0.3 is 9.47 Å². The number of aromatic nitrogens is 1. The van der Waals surface area contributed by atoms with Crippen LogP contribution in [-0.4, -0.2) is 17.6 Å². The molecule has 0 amide bonds. The number of esters is 1. The molecule has 0 fully saturated rings. The van der Waals surface area contributed by atoms with E-state index in [9.17, 15) is 4.79 Å². The van der Waals surface area contributed by atoms with Gasteiger partial charge in [-0.25, -0.2) is 4.79 Å². The van der Waals surface area contributed by atoms with E-state index in [1.165, 1.54) is 0 Å². The van der Waals surface area contributed by atoms with Crippen molar-refractivity contribution in [3.8, 4) is 5.75 Å².